The highest BCUT2D eigenvalue weighted by atomic mass is 32.2. The number of aromatic nitrogens is 2. The summed E-state index contributed by atoms with van der Waals surface area (Å²) in [6.45, 7) is 5.89. The fraction of sp³-hybridized carbons (Fsp3) is 0.286. The van der Waals surface area contributed by atoms with Crippen molar-refractivity contribution in [3.8, 4) is 5.69 Å². The van der Waals surface area contributed by atoms with Gasteiger partial charge in [0.2, 0.25) is 5.91 Å². The van der Waals surface area contributed by atoms with Crippen molar-refractivity contribution in [1.82, 2.24) is 14.5 Å². The number of thioether (sulfide) groups is 1. The largest absolute Gasteiger partial charge is 0.348 e. The Morgan fingerprint density at radius 3 is 2.48 bits per heavy atom. The van der Waals surface area contributed by atoms with E-state index in [9.17, 15) is 9.59 Å². The molecule has 2 aromatic carbocycles. The first kappa shape index (κ1) is 19.2. The quantitative estimate of drug-likeness (QED) is 0.512. The third kappa shape index (κ3) is 3.76. The van der Waals surface area contributed by atoms with Crippen LogP contribution in [0.1, 0.15) is 18.1 Å². The lowest BCUT2D eigenvalue weighted by Crippen LogP contribution is -2.31. The van der Waals surface area contributed by atoms with E-state index in [4.69, 9.17) is 4.98 Å². The SMILES string of the molecule is Cc1ccc(-n2c(S[C@H](C)C(=O)N(C)C)nc3ccccc3c2=O)cc1C. The Labute approximate surface area is 163 Å². The molecule has 0 saturated heterocycles. The molecule has 0 N–H and O–H groups in total. The van der Waals surface area contributed by atoms with Gasteiger partial charge in [-0.1, -0.05) is 30.0 Å². The number of hydrogen-bond acceptors (Lipinski definition) is 4. The number of carbonyl (C=O) groups excluding carboxylic acids is 1. The highest BCUT2D eigenvalue weighted by molar-refractivity contribution is 8.00. The number of hydrogen-bond donors (Lipinski definition) is 0. The predicted molar refractivity (Wildman–Crippen MR) is 111 cm³/mol. The topological polar surface area (TPSA) is 55.2 Å². The van der Waals surface area contributed by atoms with E-state index >= 15 is 0 Å². The Hall–Kier alpha value is -2.60. The van der Waals surface area contributed by atoms with Crippen LogP contribution in [0.4, 0.5) is 0 Å². The minimum absolute atomic E-state index is 0.0194. The second kappa shape index (κ2) is 7.56. The summed E-state index contributed by atoms with van der Waals surface area (Å²) in [5, 5.41) is 0.724. The molecule has 0 aliphatic rings. The molecular weight excluding hydrogens is 358 g/mol. The molecular formula is C21H23N3O2S. The van der Waals surface area contributed by atoms with Crippen LogP contribution in [0.25, 0.3) is 16.6 Å². The molecule has 0 radical (unpaired) electrons. The van der Waals surface area contributed by atoms with Crippen molar-refractivity contribution >= 4 is 28.6 Å². The average Bonchev–Trinajstić information content (AvgIpc) is 2.63. The van der Waals surface area contributed by atoms with Gasteiger partial charge in [-0.2, -0.15) is 0 Å². The van der Waals surface area contributed by atoms with Gasteiger partial charge in [0.05, 0.1) is 21.8 Å². The first-order valence-electron chi connectivity index (χ1n) is 8.77. The highest BCUT2D eigenvalue weighted by Gasteiger charge is 2.21. The first-order valence-corrected chi connectivity index (χ1v) is 9.65. The van der Waals surface area contributed by atoms with E-state index in [2.05, 4.69) is 0 Å². The van der Waals surface area contributed by atoms with Gasteiger partial charge in [-0.3, -0.25) is 14.2 Å². The molecule has 27 heavy (non-hydrogen) atoms. The molecule has 0 aliphatic heterocycles. The van der Waals surface area contributed by atoms with Crippen LogP contribution in [0.2, 0.25) is 0 Å². The van der Waals surface area contributed by atoms with E-state index in [0.29, 0.717) is 16.1 Å². The molecule has 3 rings (SSSR count). The third-order valence-electron chi connectivity index (χ3n) is 4.56. The molecule has 0 bridgehead atoms. The van der Waals surface area contributed by atoms with Crippen molar-refractivity contribution in [3.05, 3.63) is 63.9 Å². The van der Waals surface area contributed by atoms with Crippen molar-refractivity contribution in [2.24, 2.45) is 0 Å². The number of fused-ring (bicyclic) bond motifs is 1. The average molecular weight is 382 g/mol. The minimum atomic E-state index is -0.356. The van der Waals surface area contributed by atoms with Crippen molar-refractivity contribution in [2.75, 3.05) is 14.1 Å². The molecule has 3 aromatic rings. The lowest BCUT2D eigenvalue weighted by atomic mass is 10.1. The molecule has 140 valence electrons. The fourth-order valence-electron chi connectivity index (χ4n) is 2.86. The van der Waals surface area contributed by atoms with Gasteiger partial charge < -0.3 is 4.90 Å². The van der Waals surface area contributed by atoms with Crippen molar-refractivity contribution in [1.29, 1.82) is 0 Å². The summed E-state index contributed by atoms with van der Waals surface area (Å²) in [5.41, 5.74) is 3.52. The van der Waals surface area contributed by atoms with Gasteiger partial charge in [0, 0.05) is 14.1 Å². The van der Waals surface area contributed by atoms with Gasteiger partial charge in [0.15, 0.2) is 5.16 Å². The number of carbonyl (C=O) groups is 1. The molecule has 1 heterocycles. The van der Waals surface area contributed by atoms with Crippen molar-refractivity contribution in [3.63, 3.8) is 0 Å². The number of rotatable bonds is 4. The molecule has 6 heteroatoms. The number of amides is 1. The zero-order valence-corrected chi connectivity index (χ0v) is 17.0. The van der Waals surface area contributed by atoms with Crippen LogP contribution in [0.15, 0.2) is 52.4 Å². The van der Waals surface area contributed by atoms with Crippen LogP contribution in [0.5, 0.6) is 0 Å². The number of para-hydroxylation sites is 1. The molecule has 5 nitrogen and oxygen atoms in total. The smallest absolute Gasteiger partial charge is 0.266 e. The van der Waals surface area contributed by atoms with Crippen LogP contribution >= 0.6 is 11.8 Å². The molecule has 1 amide bonds. The maximum Gasteiger partial charge on any atom is 0.266 e. The third-order valence-corrected chi connectivity index (χ3v) is 5.60. The summed E-state index contributed by atoms with van der Waals surface area (Å²) >= 11 is 1.30. The van der Waals surface area contributed by atoms with E-state index in [1.807, 2.05) is 57.2 Å². The predicted octanol–water partition coefficient (Wildman–Crippen LogP) is 3.57. The van der Waals surface area contributed by atoms with E-state index in [1.165, 1.54) is 11.8 Å². The Morgan fingerprint density at radius 1 is 1.11 bits per heavy atom. The van der Waals surface area contributed by atoms with Crippen LogP contribution in [0.3, 0.4) is 0 Å². The van der Waals surface area contributed by atoms with Crippen molar-refractivity contribution < 1.29 is 4.79 Å². The lowest BCUT2D eigenvalue weighted by molar-refractivity contribution is -0.127. The molecule has 0 spiro atoms. The Balaban J connectivity index is 2.22. The molecule has 1 atom stereocenters. The first-order chi connectivity index (χ1) is 12.8. The van der Waals surface area contributed by atoms with Gasteiger partial charge in [0.25, 0.3) is 5.56 Å². The number of aryl methyl sites for hydroxylation is 2. The summed E-state index contributed by atoms with van der Waals surface area (Å²) in [7, 11) is 3.45. The Morgan fingerprint density at radius 2 is 1.81 bits per heavy atom. The monoisotopic (exact) mass is 381 g/mol. The molecule has 1 aromatic heterocycles. The maximum absolute atomic E-state index is 13.2. The van der Waals surface area contributed by atoms with E-state index < -0.39 is 0 Å². The summed E-state index contributed by atoms with van der Waals surface area (Å²) in [5.74, 6) is -0.0194. The van der Waals surface area contributed by atoms with Crippen LogP contribution in [-0.4, -0.2) is 39.7 Å². The summed E-state index contributed by atoms with van der Waals surface area (Å²) in [6.07, 6.45) is 0. The van der Waals surface area contributed by atoms with Gasteiger partial charge in [-0.15, -0.1) is 0 Å². The van der Waals surface area contributed by atoms with Gasteiger partial charge in [-0.25, -0.2) is 4.98 Å². The van der Waals surface area contributed by atoms with E-state index in [1.54, 1.807) is 29.6 Å². The minimum Gasteiger partial charge on any atom is -0.348 e. The summed E-state index contributed by atoms with van der Waals surface area (Å²) in [4.78, 5) is 31.8. The summed E-state index contributed by atoms with van der Waals surface area (Å²) in [6, 6.07) is 13.2. The zero-order chi connectivity index (χ0) is 19.7. The van der Waals surface area contributed by atoms with Crippen LogP contribution in [0, 0.1) is 13.8 Å². The second-order valence-electron chi connectivity index (χ2n) is 6.81. The molecule has 0 aliphatic carbocycles. The van der Waals surface area contributed by atoms with Crippen molar-refractivity contribution in [2.45, 2.75) is 31.2 Å². The molecule has 0 saturated carbocycles. The van der Waals surface area contributed by atoms with E-state index in [-0.39, 0.29) is 16.7 Å². The van der Waals surface area contributed by atoms with Crippen LogP contribution < -0.4 is 5.56 Å². The maximum atomic E-state index is 13.2. The molecule has 0 fully saturated rings. The Kier molecular flexibility index (Phi) is 5.37. The van der Waals surface area contributed by atoms with Gasteiger partial charge in [0.1, 0.15) is 0 Å². The number of benzene rings is 2. The fourth-order valence-corrected chi connectivity index (χ4v) is 3.93. The summed E-state index contributed by atoms with van der Waals surface area (Å²) < 4.78 is 1.61. The van der Waals surface area contributed by atoms with E-state index in [0.717, 1.165) is 16.8 Å². The standard InChI is InChI=1S/C21H23N3O2S/c1-13-10-11-16(12-14(13)2)24-20(26)17-8-6-7-9-18(17)22-21(24)27-15(3)19(25)23(4)5/h6-12,15H,1-5H3/t15-/m1/s1. The normalized spacial score (nSPS) is 12.2. The second-order valence-corrected chi connectivity index (χ2v) is 8.12. The van der Waals surface area contributed by atoms with Crippen LogP contribution in [-0.2, 0) is 4.79 Å². The molecule has 0 unspecified atom stereocenters. The Bertz CT molecular complexity index is 1070. The van der Waals surface area contributed by atoms with Gasteiger partial charge in [-0.05, 0) is 56.2 Å². The van der Waals surface area contributed by atoms with Gasteiger partial charge >= 0.3 is 0 Å². The lowest BCUT2D eigenvalue weighted by Gasteiger charge is -2.19. The number of nitrogens with zero attached hydrogens (tertiary/aromatic N) is 3. The zero-order valence-electron chi connectivity index (χ0n) is 16.2. The highest BCUT2D eigenvalue weighted by Crippen LogP contribution is 2.26.